The molecule has 0 spiro atoms. The highest BCUT2D eigenvalue weighted by atomic mass is 15.1. The van der Waals surface area contributed by atoms with Gasteiger partial charge in [0.2, 0.25) is 0 Å². The Hall–Kier alpha value is -6.44. The van der Waals surface area contributed by atoms with Crippen LogP contribution >= 0.6 is 0 Å². The number of hydrogen-bond donors (Lipinski definition) is 0. The lowest BCUT2D eigenvalue weighted by Crippen LogP contribution is -2.16. The quantitative estimate of drug-likeness (QED) is 0.164. The molecule has 0 saturated carbocycles. The third kappa shape index (κ3) is 5.44. The summed E-state index contributed by atoms with van der Waals surface area (Å²) in [5.74, 6) is 0. The Morgan fingerprint density at radius 2 is 0.860 bits per heavy atom. The highest BCUT2D eigenvalue weighted by Crippen LogP contribution is 2.55. The van der Waals surface area contributed by atoms with Crippen LogP contribution < -0.4 is 4.90 Å². The molecule has 0 radical (unpaired) electrons. The van der Waals surface area contributed by atoms with Gasteiger partial charge in [-0.15, -0.1) is 0 Å². The van der Waals surface area contributed by atoms with Gasteiger partial charge in [0, 0.05) is 27.6 Å². The molecule has 8 aromatic carbocycles. The van der Waals surface area contributed by atoms with E-state index in [0.29, 0.717) is 0 Å². The third-order valence-corrected chi connectivity index (χ3v) is 13.0. The number of benzene rings is 8. The number of aryl methyl sites for hydroxylation is 2. The normalized spacial score (nSPS) is 14.1. The summed E-state index contributed by atoms with van der Waals surface area (Å²) >= 11 is 0. The van der Waals surface area contributed by atoms with Crippen LogP contribution in [0.4, 0.5) is 17.1 Å². The van der Waals surface area contributed by atoms with Crippen molar-refractivity contribution in [3.05, 3.63) is 209 Å². The predicted octanol–water partition coefficient (Wildman–Crippen LogP) is 15.4. The molecule has 0 saturated heterocycles. The molecular weight excluding hydrogens is 687 g/mol. The molecule has 0 heterocycles. The highest BCUT2D eigenvalue weighted by Gasteiger charge is 2.38. The largest absolute Gasteiger partial charge is 0.309 e. The number of nitrogens with zero attached hydrogens (tertiary/aromatic N) is 1. The van der Waals surface area contributed by atoms with Gasteiger partial charge < -0.3 is 4.90 Å². The van der Waals surface area contributed by atoms with Crippen molar-refractivity contribution in [3.63, 3.8) is 0 Å². The molecule has 0 unspecified atom stereocenters. The molecule has 276 valence electrons. The number of fused-ring (bicyclic) bond motifs is 6. The summed E-state index contributed by atoms with van der Waals surface area (Å²) in [6.07, 6.45) is 0. The standard InChI is InChI=1S/C56H47N/c1-36-16-7-8-17-42(36)43-32-28-39(34-37(43)2)38-26-30-41(31-27-38)57(53-25-15-23-51-54(53)46-20-10-13-22-49(46)56(51,5)6)52-24-14-11-18-44(52)40-29-33-50-47(35-40)45-19-9-12-21-48(45)55(50,3)4/h7-35H,1-6H3. The van der Waals surface area contributed by atoms with Gasteiger partial charge in [-0.1, -0.05) is 173 Å². The van der Waals surface area contributed by atoms with Gasteiger partial charge in [0.25, 0.3) is 0 Å². The lowest BCUT2D eigenvalue weighted by atomic mass is 9.82. The SMILES string of the molecule is Cc1ccccc1-c1ccc(-c2ccc(N(c3ccccc3-c3ccc4c(c3)-c3ccccc3C4(C)C)c3cccc4c3-c3ccccc3C4(C)C)cc2)cc1C. The summed E-state index contributed by atoms with van der Waals surface area (Å²) in [5, 5.41) is 0. The zero-order chi connectivity index (χ0) is 39.1. The molecule has 1 heteroatoms. The van der Waals surface area contributed by atoms with Gasteiger partial charge in [-0.05, 0) is 122 Å². The van der Waals surface area contributed by atoms with Crippen LogP contribution in [0, 0.1) is 13.8 Å². The average Bonchev–Trinajstić information content (AvgIpc) is 3.61. The maximum Gasteiger partial charge on any atom is 0.0543 e. The molecule has 0 amide bonds. The molecule has 1 nitrogen and oxygen atoms in total. The van der Waals surface area contributed by atoms with E-state index >= 15 is 0 Å². The Kier molecular flexibility index (Phi) is 8.03. The molecule has 0 bridgehead atoms. The monoisotopic (exact) mass is 733 g/mol. The van der Waals surface area contributed by atoms with Gasteiger partial charge in [-0.25, -0.2) is 0 Å². The summed E-state index contributed by atoms with van der Waals surface area (Å²) < 4.78 is 0. The summed E-state index contributed by atoms with van der Waals surface area (Å²) in [6.45, 7) is 13.9. The summed E-state index contributed by atoms with van der Waals surface area (Å²) in [5.41, 5.74) is 24.2. The minimum Gasteiger partial charge on any atom is -0.309 e. The maximum absolute atomic E-state index is 2.51. The van der Waals surface area contributed by atoms with E-state index < -0.39 is 0 Å². The fraction of sp³-hybridized carbons (Fsp3) is 0.143. The van der Waals surface area contributed by atoms with Crippen molar-refractivity contribution in [1.29, 1.82) is 0 Å². The minimum absolute atomic E-state index is 0.0398. The van der Waals surface area contributed by atoms with Crippen molar-refractivity contribution in [3.8, 4) is 55.6 Å². The fourth-order valence-electron chi connectivity index (χ4n) is 9.95. The summed E-state index contributed by atoms with van der Waals surface area (Å²) in [7, 11) is 0. The second-order valence-electron chi connectivity index (χ2n) is 17.0. The smallest absolute Gasteiger partial charge is 0.0543 e. The molecule has 0 aliphatic heterocycles. The maximum atomic E-state index is 2.51. The van der Waals surface area contributed by atoms with E-state index in [1.807, 2.05) is 0 Å². The molecule has 0 N–H and O–H groups in total. The van der Waals surface area contributed by atoms with Crippen LogP contribution in [0.2, 0.25) is 0 Å². The van der Waals surface area contributed by atoms with Crippen LogP contribution in [0.15, 0.2) is 176 Å². The van der Waals surface area contributed by atoms with Crippen LogP contribution in [0.3, 0.4) is 0 Å². The van der Waals surface area contributed by atoms with Crippen molar-refractivity contribution >= 4 is 17.1 Å². The van der Waals surface area contributed by atoms with Gasteiger partial charge >= 0.3 is 0 Å². The van der Waals surface area contributed by atoms with Crippen LogP contribution in [0.5, 0.6) is 0 Å². The number of para-hydroxylation sites is 1. The molecule has 0 aromatic heterocycles. The zero-order valence-electron chi connectivity index (χ0n) is 33.7. The van der Waals surface area contributed by atoms with E-state index in [0.717, 1.165) is 11.4 Å². The lowest BCUT2D eigenvalue weighted by Gasteiger charge is -2.31. The fourth-order valence-corrected chi connectivity index (χ4v) is 9.95. The molecule has 0 atom stereocenters. The van der Waals surface area contributed by atoms with Gasteiger partial charge in [0.05, 0.1) is 11.4 Å². The van der Waals surface area contributed by atoms with E-state index in [9.17, 15) is 0 Å². The van der Waals surface area contributed by atoms with Gasteiger partial charge in [-0.2, -0.15) is 0 Å². The van der Waals surface area contributed by atoms with Crippen LogP contribution in [0.1, 0.15) is 61.1 Å². The Labute approximate surface area is 337 Å². The van der Waals surface area contributed by atoms with E-state index in [4.69, 9.17) is 0 Å². The molecular formula is C56H47N. The van der Waals surface area contributed by atoms with E-state index in [2.05, 4.69) is 222 Å². The molecule has 2 aliphatic carbocycles. The van der Waals surface area contributed by atoms with E-state index in [1.165, 1.54) is 94.7 Å². The first-order chi connectivity index (χ1) is 27.6. The van der Waals surface area contributed by atoms with Crippen molar-refractivity contribution in [2.75, 3.05) is 4.90 Å². The molecule has 2 aliphatic rings. The Balaban J connectivity index is 1.14. The van der Waals surface area contributed by atoms with Crippen LogP contribution in [-0.4, -0.2) is 0 Å². The van der Waals surface area contributed by atoms with Gasteiger partial charge in [0.15, 0.2) is 0 Å². The molecule has 57 heavy (non-hydrogen) atoms. The highest BCUT2D eigenvalue weighted by molar-refractivity contribution is 5.98. The first kappa shape index (κ1) is 35.0. The van der Waals surface area contributed by atoms with Crippen LogP contribution in [-0.2, 0) is 10.8 Å². The van der Waals surface area contributed by atoms with Crippen molar-refractivity contribution in [2.45, 2.75) is 52.4 Å². The average molecular weight is 734 g/mol. The predicted molar refractivity (Wildman–Crippen MR) is 242 cm³/mol. The Bertz CT molecular complexity index is 2870. The van der Waals surface area contributed by atoms with E-state index in [-0.39, 0.29) is 10.8 Å². The number of anilines is 3. The lowest BCUT2D eigenvalue weighted by molar-refractivity contribution is 0.660. The minimum atomic E-state index is -0.112. The van der Waals surface area contributed by atoms with Gasteiger partial charge in [0.1, 0.15) is 0 Å². The Morgan fingerprint density at radius 3 is 1.60 bits per heavy atom. The Morgan fingerprint density at radius 1 is 0.333 bits per heavy atom. The first-order valence-electron chi connectivity index (χ1n) is 20.3. The van der Waals surface area contributed by atoms with Crippen molar-refractivity contribution in [1.82, 2.24) is 0 Å². The zero-order valence-corrected chi connectivity index (χ0v) is 33.7. The van der Waals surface area contributed by atoms with Crippen LogP contribution in [0.25, 0.3) is 55.6 Å². The summed E-state index contributed by atoms with van der Waals surface area (Å²) in [6, 6.07) is 65.7. The van der Waals surface area contributed by atoms with Crippen molar-refractivity contribution < 1.29 is 0 Å². The molecule has 10 rings (SSSR count). The molecule has 8 aromatic rings. The second kappa shape index (κ2) is 13.1. The van der Waals surface area contributed by atoms with Crippen molar-refractivity contribution in [2.24, 2.45) is 0 Å². The molecule has 0 fully saturated rings. The number of hydrogen-bond acceptors (Lipinski definition) is 1. The first-order valence-corrected chi connectivity index (χ1v) is 20.3. The van der Waals surface area contributed by atoms with E-state index in [1.54, 1.807) is 0 Å². The van der Waals surface area contributed by atoms with Gasteiger partial charge in [-0.3, -0.25) is 0 Å². The second-order valence-corrected chi connectivity index (χ2v) is 17.0. The number of rotatable bonds is 6. The summed E-state index contributed by atoms with van der Waals surface area (Å²) in [4.78, 5) is 2.51. The third-order valence-electron chi connectivity index (χ3n) is 13.0. The topological polar surface area (TPSA) is 3.24 Å².